The average molecular weight is 330 g/mol. The van der Waals surface area contributed by atoms with E-state index in [1.807, 2.05) is 4.57 Å². The van der Waals surface area contributed by atoms with Gasteiger partial charge in [-0.1, -0.05) is 12.1 Å². The fourth-order valence-electron chi connectivity index (χ4n) is 2.97. The lowest BCUT2D eigenvalue weighted by Crippen LogP contribution is -2.27. The second kappa shape index (κ2) is 6.97. The van der Waals surface area contributed by atoms with Gasteiger partial charge in [0.05, 0.1) is 0 Å². The molecule has 6 heteroatoms. The van der Waals surface area contributed by atoms with Crippen molar-refractivity contribution in [2.45, 2.75) is 19.4 Å². The van der Waals surface area contributed by atoms with Gasteiger partial charge < -0.3 is 15.0 Å². The molecule has 1 aromatic carbocycles. The van der Waals surface area contributed by atoms with Crippen LogP contribution in [0.1, 0.15) is 23.2 Å². The first kappa shape index (κ1) is 16.4. The maximum absolute atomic E-state index is 13.1. The van der Waals surface area contributed by atoms with Crippen molar-refractivity contribution in [2.75, 3.05) is 13.2 Å². The maximum Gasteiger partial charge on any atom is 0.254 e. The molecule has 0 spiro atoms. The predicted molar refractivity (Wildman–Crippen MR) is 88.2 cm³/mol. The zero-order valence-corrected chi connectivity index (χ0v) is 13.2. The van der Waals surface area contributed by atoms with Crippen LogP contribution in [0.15, 0.2) is 41.5 Å². The average Bonchev–Trinajstić information content (AvgIpc) is 2.58. The standard InChI is InChI=1S/C18H19FN2O3/c19-14-3-1-13(2-4-14)15-10-21(9-12-5-7-24-8-6-12)11-16(17(15)22)18(20)23/h1-4,10-12H,5-9H2,(H2,20,23). The number of pyridine rings is 1. The molecule has 1 aliphatic heterocycles. The SMILES string of the molecule is NC(=O)c1cn(CC2CCOCC2)cc(-c2ccc(F)cc2)c1=O. The number of halogens is 1. The van der Waals surface area contributed by atoms with Crippen LogP contribution in [0.2, 0.25) is 0 Å². The number of ether oxygens (including phenoxy) is 1. The van der Waals surface area contributed by atoms with E-state index in [2.05, 4.69) is 0 Å². The molecule has 0 radical (unpaired) electrons. The van der Waals surface area contributed by atoms with Crippen molar-refractivity contribution in [3.8, 4) is 11.1 Å². The predicted octanol–water partition coefficient (Wildman–Crippen LogP) is 2.18. The zero-order valence-electron chi connectivity index (χ0n) is 13.2. The molecule has 2 aromatic rings. The second-order valence-corrected chi connectivity index (χ2v) is 6.04. The first-order valence-electron chi connectivity index (χ1n) is 7.92. The lowest BCUT2D eigenvalue weighted by molar-refractivity contribution is 0.0612. The minimum absolute atomic E-state index is 0.0520. The molecule has 1 saturated heterocycles. The summed E-state index contributed by atoms with van der Waals surface area (Å²) in [7, 11) is 0. The Kier molecular flexibility index (Phi) is 4.76. The van der Waals surface area contributed by atoms with Crippen LogP contribution in [0, 0.1) is 11.7 Å². The van der Waals surface area contributed by atoms with E-state index < -0.39 is 11.3 Å². The lowest BCUT2D eigenvalue weighted by Gasteiger charge is -2.23. The quantitative estimate of drug-likeness (QED) is 0.934. The number of benzene rings is 1. The molecule has 0 bridgehead atoms. The number of amides is 1. The van der Waals surface area contributed by atoms with Gasteiger partial charge in [0.1, 0.15) is 11.4 Å². The third kappa shape index (κ3) is 3.54. The zero-order chi connectivity index (χ0) is 17.1. The molecule has 2 N–H and O–H groups in total. The minimum Gasteiger partial charge on any atom is -0.381 e. The summed E-state index contributed by atoms with van der Waals surface area (Å²) in [6, 6.07) is 5.62. The molecule has 0 aliphatic carbocycles. The highest BCUT2D eigenvalue weighted by Crippen LogP contribution is 2.20. The molecule has 24 heavy (non-hydrogen) atoms. The summed E-state index contributed by atoms with van der Waals surface area (Å²) in [5.74, 6) is -0.722. The molecule has 1 aliphatic rings. The first-order chi connectivity index (χ1) is 11.5. The topological polar surface area (TPSA) is 74.3 Å². The molecular weight excluding hydrogens is 311 g/mol. The summed E-state index contributed by atoms with van der Waals surface area (Å²) in [5.41, 5.74) is 5.78. The van der Waals surface area contributed by atoms with Gasteiger partial charge in [-0.15, -0.1) is 0 Å². The maximum atomic E-state index is 13.1. The Morgan fingerprint density at radius 1 is 1.21 bits per heavy atom. The molecular formula is C18H19FN2O3. The summed E-state index contributed by atoms with van der Waals surface area (Å²) in [6.07, 6.45) is 5.08. The van der Waals surface area contributed by atoms with Crippen LogP contribution in [-0.4, -0.2) is 23.7 Å². The van der Waals surface area contributed by atoms with E-state index in [-0.39, 0.29) is 11.4 Å². The fourth-order valence-corrected chi connectivity index (χ4v) is 2.97. The van der Waals surface area contributed by atoms with Gasteiger partial charge in [-0.25, -0.2) is 4.39 Å². The summed E-state index contributed by atoms with van der Waals surface area (Å²) in [4.78, 5) is 24.1. The molecule has 0 unspecified atom stereocenters. The Morgan fingerprint density at radius 3 is 2.50 bits per heavy atom. The Bertz CT molecular complexity index is 793. The number of primary amides is 1. The highest BCUT2D eigenvalue weighted by Gasteiger charge is 2.18. The van der Waals surface area contributed by atoms with Crippen LogP contribution in [0.25, 0.3) is 11.1 Å². The van der Waals surface area contributed by atoms with Crippen LogP contribution in [-0.2, 0) is 11.3 Å². The van der Waals surface area contributed by atoms with E-state index in [0.29, 0.717) is 23.6 Å². The third-order valence-electron chi connectivity index (χ3n) is 4.31. The van der Waals surface area contributed by atoms with Gasteiger partial charge in [0.25, 0.3) is 5.91 Å². The fraction of sp³-hybridized carbons (Fsp3) is 0.333. The molecule has 126 valence electrons. The van der Waals surface area contributed by atoms with Gasteiger partial charge in [0, 0.05) is 37.7 Å². The molecule has 3 rings (SSSR count). The van der Waals surface area contributed by atoms with Gasteiger partial charge in [0.2, 0.25) is 5.43 Å². The Labute approximate surface area is 138 Å². The smallest absolute Gasteiger partial charge is 0.254 e. The molecule has 0 saturated carbocycles. The van der Waals surface area contributed by atoms with Crippen LogP contribution in [0.5, 0.6) is 0 Å². The third-order valence-corrected chi connectivity index (χ3v) is 4.31. The number of rotatable bonds is 4. The van der Waals surface area contributed by atoms with E-state index in [4.69, 9.17) is 10.5 Å². The number of aromatic nitrogens is 1. The van der Waals surface area contributed by atoms with Crippen molar-refractivity contribution in [3.63, 3.8) is 0 Å². The number of nitrogens with zero attached hydrogens (tertiary/aromatic N) is 1. The molecule has 5 nitrogen and oxygen atoms in total. The van der Waals surface area contributed by atoms with Gasteiger partial charge >= 0.3 is 0 Å². The van der Waals surface area contributed by atoms with Crippen molar-refractivity contribution < 1.29 is 13.9 Å². The molecule has 0 atom stereocenters. The number of nitrogens with two attached hydrogens (primary N) is 1. The van der Waals surface area contributed by atoms with Crippen molar-refractivity contribution in [2.24, 2.45) is 11.7 Å². The molecule has 1 amide bonds. The second-order valence-electron chi connectivity index (χ2n) is 6.04. The van der Waals surface area contributed by atoms with E-state index in [9.17, 15) is 14.0 Å². The van der Waals surface area contributed by atoms with E-state index in [0.717, 1.165) is 26.1 Å². The Balaban J connectivity index is 2.01. The van der Waals surface area contributed by atoms with Crippen molar-refractivity contribution in [1.82, 2.24) is 4.57 Å². The van der Waals surface area contributed by atoms with E-state index >= 15 is 0 Å². The summed E-state index contributed by atoms with van der Waals surface area (Å²) in [6.45, 7) is 2.12. The normalized spacial score (nSPS) is 15.4. The van der Waals surface area contributed by atoms with Crippen LogP contribution >= 0.6 is 0 Å². The van der Waals surface area contributed by atoms with Crippen LogP contribution < -0.4 is 11.2 Å². The van der Waals surface area contributed by atoms with E-state index in [1.54, 1.807) is 6.20 Å². The monoisotopic (exact) mass is 330 g/mol. The molecule has 1 fully saturated rings. The van der Waals surface area contributed by atoms with E-state index in [1.165, 1.54) is 30.5 Å². The van der Waals surface area contributed by atoms with Crippen molar-refractivity contribution in [1.29, 1.82) is 0 Å². The van der Waals surface area contributed by atoms with Crippen molar-refractivity contribution >= 4 is 5.91 Å². The molecule has 2 heterocycles. The molecule has 1 aromatic heterocycles. The highest BCUT2D eigenvalue weighted by atomic mass is 19.1. The number of carbonyl (C=O) groups excluding carboxylic acids is 1. The van der Waals surface area contributed by atoms with Gasteiger partial charge in [-0.3, -0.25) is 9.59 Å². The number of hydrogen-bond donors (Lipinski definition) is 1. The van der Waals surface area contributed by atoms with Crippen LogP contribution in [0.3, 0.4) is 0 Å². The highest BCUT2D eigenvalue weighted by molar-refractivity contribution is 5.93. The largest absolute Gasteiger partial charge is 0.381 e. The van der Waals surface area contributed by atoms with Crippen LogP contribution in [0.4, 0.5) is 4.39 Å². The minimum atomic E-state index is -0.760. The van der Waals surface area contributed by atoms with Gasteiger partial charge in [0.15, 0.2) is 0 Å². The summed E-state index contributed by atoms with van der Waals surface area (Å²) < 4.78 is 20.3. The number of carbonyl (C=O) groups is 1. The lowest BCUT2D eigenvalue weighted by atomic mass is 9.99. The summed E-state index contributed by atoms with van der Waals surface area (Å²) >= 11 is 0. The van der Waals surface area contributed by atoms with Crippen molar-refractivity contribution in [3.05, 3.63) is 58.3 Å². The van der Waals surface area contributed by atoms with Gasteiger partial charge in [-0.2, -0.15) is 0 Å². The van der Waals surface area contributed by atoms with Gasteiger partial charge in [-0.05, 0) is 36.5 Å². The Morgan fingerprint density at radius 2 is 1.88 bits per heavy atom. The number of hydrogen-bond acceptors (Lipinski definition) is 3. The first-order valence-corrected chi connectivity index (χ1v) is 7.92. The summed E-state index contributed by atoms with van der Waals surface area (Å²) in [5, 5.41) is 0. The Hall–Kier alpha value is -2.47.